The predicted molar refractivity (Wildman–Crippen MR) is 110 cm³/mol. The quantitative estimate of drug-likeness (QED) is 0.631. The molecule has 5 nitrogen and oxygen atoms in total. The smallest absolute Gasteiger partial charge is 0.323 e. The van der Waals surface area contributed by atoms with E-state index in [1.165, 1.54) is 0 Å². The summed E-state index contributed by atoms with van der Waals surface area (Å²) in [7, 11) is -0.417. The molecule has 146 valence electrons. The van der Waals surface area contributed by atoms with Crippen molar-refractivity contribution < 1.29 is 14.3 Å². The molecule has 0 aliphatic rings. The van der Waals surface area contributed by atoms with Crippen LogP contribution in [0.5, 0.6) is 0 Å². The Hall–Kier alpha value is -1.50. The molecule has 0 unspecified atom stereocenters. The van der Waals surface area contributed by atoms with Crippen LogP contribution in [0, 0.1) is 5.92 Å². The van der Waals surface area contributed by atoms with Crippen molar-refractivity contribution in [1.29, 1.82) is 0 Å². The highest BCUT2D eigenvalue weighted by Crippen LogP contribution is 2.38. The molecule has 0 aromatic carbocycles. The number of aliphatic carboxylic acids is 1. The maximum absolute atomic E-state index is 11.8. The van der Waals surface area contributed by atoms with E-state index in [1.807, 2.05) is 18.2 Å². The lowest BCUT2D eigenvalue weighted by molar-refractivity contribution is -0.142. The Morgan fingerprint density at radius 2 is 2.08 bits per heavy atom. The van der Waals surface area contributed by atoms with Crippen molar-refractivity contribution >= 4 is 20.4 Å². The number of carboxylic acid groups (broad SMARTS) is 1. The summed E-state index contributed by atoms with van der Waals surface area (Å²) in [6, 6.07) is 3.16. The minimum atomic E-state index is -2.10. The summed E-state index contributed by atoms with van der Waals surface area (Å²) in [5.41, 5.74) is 1.03. The Labute approximate surface area is 159 Å². The van der Waals surface area contributed by atoms with E-state index in [1.54, 1.807) is 19.4 Å². The zero-order valence-corrected chi connectivity index (χ0v) is 18.1. The topological polar surface area (TPSA) is 71.5 Å². The molecule has 0 aliphatic carbocycles. The fourth-order valence-corrected chi connectivity index (χ4v) is 3.89. The second kappa shape index (κ2) is 9.44. The summed E-state index contributed by atoms with van der Waals surface area (Å²) in [6.45, 7) is 12.9. The van der Waals surface area contributed by atoms with Crippen molar-refractivity contribution in [2.75, 3.05) is 7.05 Å². The number of rotatable bonds is 9. The third-order valence-corrected chi connectivity index (χ3v) is 9.68. The summed E-state index contributed by atoms with van der Waals surface area (Å²) in [5.74, 6) is -0.815. The second-order valence-electron chi connectivity index (χ2n) is 8.35. The Kier molecular flexibility index (Phi) is 8.18. The number of carbonyl (C=O) groups is 1. The van der Waals surface area contributed by atoms with Gasteiger partial charge in [0.15, 0.2) is 8.32 Å². The molecule has 0 bridgehead atoms. The van der Waals surface area contributed by atoms with Crippen molar-refractivity contribution in [3.8, 4) is 0 Å². The average molecular weight is 379 g/mol. The summed E-state index contributed by atoms with van der Waals surface area (Å²) in [5, 5.41) is 12.6. The van der Waals surface area contributed by atoms with Gasteiger partial charge in [-0.05, 0) is 49.1 Å². The van der Waals surface area contributed by atoms with Crippen LogP contribution < -0.4 is 5.32 Å². The summed E-state index contributed by atoms with van der Waals surface area (Å²) >= 11 is 0. The predicted octanol–water partition coefficient (Wildman–Crippen LogP) is 4.18. The van der Waals surface area contributed by atoms with Gasteiger partial charge in [0, 0.05) is 12.4 Å². The highest BCUT2D eigenvalue weighted by atomic mass is 28.4. The third kappa shape index (κ3) is 6.34. The lowest BCUT2D eigenvalue weighted by Gasteiger charge is -2.42. The molecular formula is C20H34N2O3Si. The first-order valence-electron chi connectivity index (χ1n) is 9.14. The second-order valence-corrected chi connectivity index (χ2v) is 13.1. The SMILES string of the molecule is CN[C@H](C(=O)O)[C@H](O[Si](C)(C)C(C)(C)C)[C@H](C)CC=Cc1cccnc1. The van der Waals surface area contributed by atoms with E-state index in [0.717, 1.165) is 12.0 Å². The molecule has 1 aromatic heterocycles. The zero-order chi connectivity index (χ0) is 20.0. The lowest BCUT2D eigenvalue weighted by atomic mass is 9.94. The molecule has 1 aromatic rings. The number of carboxylic acids is 1. The van der Waals surface area contributed by atoms with Crippen molar-refractivity contribution in [3.63, 3.8) is 0 Å². The van der Waals surface area contributed by atoms with Crippen LogP contribution >= 0.6 is 0 Å². The van der Waals surface area contributed by atoms with Crippen LogP contribution in [0.15, 0.2) is 30.6 Å². The summed E-state index contributed by atoms with van der Waals surface area (Å²) in [4.78, 5) is 15.9. The van der Waals surface area contributed by atoms with Gasteiger partial charge in [-0.25, -0.2) is 0 Å². The Balaban J connectivity index is 2.96. The van der Waals surface area contributed by atoms with Gasteiger partial charge in [-0.1, -0.05) is 45.9 Å². The van der Waals surface area contributed by atoms with Gasteiger partial charge in [-0.15, -0.1) is 0 Å². The van der Waals surface area contributed by atoms with Crippen LogP contribution in [0.25, 0.3) is 6.08 Å². The fraction of sp³-hybridized carbons (Fsp3) is 0.600. The molecule has 6 heteroatoms. The molecule has 1 heterocycles. The van der Waals surface area contributed by atoms with E-state index in [0.29, 0.717) is 0 Å². The van der Waals surface area contributed by atoms with Gasteiger partial charge in [0.05, 0.1) is 6.10 Å². The van der Waals surface area contributed by atoms with E-state index in [2.05, 4.69) is 57.2 Å². The van der Waals surface area contributed by atoms with Crippen LogP contribution in [0.1, 0.15) is 39.7 Å². The Morgan fingerprint density at radius 1 is 1.42 bits per heavy atom. The van der Waals surface area contributed by atoms with Crippen LogP contribution in [0.2, 0.25) is 18.1 Å². The molecule has 0 saturated heterocycles. The monoisotopic (exact) mass is 378 g/mol. The number of nitrogens with one attached hydrogen (secondary N) is 1. The van der Waals surface area contributed by atoms with Gasteiger partial charge in [0.1, 0.15) is 6.04 Å². The molecule has 0 aliphatic heterocycles. The molecule has 1 rings (SSSR count). The van der Waals surface area contributed by atoms with E-state index >= 15 is 0 Å². The maximum Gasteiger partial charge on any atom is 0.323 e. The summed E-state index contributed by atoms with van der Waals surface area (Å²) in [6.07, 6.45) is 7.98. The number of aromatic nitrogens is 1. The molecule has 3 atom stereocenters. The van der Waals surface area contributed by atoms with Gasteiger partial charge in [-0.2, -0.15) is 0 Å². The molecule has 26 heavy (non-hydrogen) atoms. The number of nitrogens with zero attached hydrogens (tertiary/aromatic N) is 1. The maximum atomic E-state index is 11.8. The first-order chi connectivity index (χ1) is 12.0. The molecule has 2 N–H and O–H groups in total. The molecular weight excluding hydrogens is 344 g/mol. The highest BCUT2D eigenvalue weighted by Gasteiger charge is 2.43. The van der Waals surface area contributed by atoms with Gasteiger partial charge >= 0.3 is 5.97 Å². The normalized spacial score (nSPS) is 16.4. The van der Waals surface area contributed by atoms with Crippen molar-refractivity contribution in [1.82, 2.24) is 10.3 Å². The average Bonchev–Trinajstić information content (AvgIpc) is 2.54. The number of pyridine rings is 1. The summed E-state index contributed by atoms with van der Waals surface area (Å²) < 4.78 is 6.53. The highest BCUT2D eigenvalue weighted by molar-refractivity contribution is 6.74. The first kappa shape index (κ1) is 22.5. The minimum Gasteiger partial charge on any atom is -0.480 e. The van der Waals surface area contributed by atoms with E-state index in [-0.39, 0.29) is 11.0 Å². The standard InChI is InChI=1S/C20H34N2O3Si/c1-15(10-8-11-16-12-9-13-22-14-16)18(17(21-5)19(23)24)25-26(6,7)20(2,3)4/h8-9,11-15,17-18,21H,10H2,1-7H3,(H,23,24)/t15-,17+,18-/m1/s1. The van der Waals surface area contributed by atoms with Gasteiger partial charge in [0.25, 0.3) is 0 Å². The molecule has 0 spiro atoms. The van der Waals surface area contributed by atoms with Crippen LogP contribution in [0.4, 0.5) is 0 Å². The van der Waals surface area contributed by atoms with Gasteiger partial charge < -0.3 is 14.8 Å². The van der Waals surface area contributed by atoms with Crippen LogP contribution in [-0.4, -0.2) is 43.6 Å². The lowest BCUT2D eigenvalue weighted by Crippen LogP contribution is -2.55. The van der Waals surface area contributed by atoms with Gasteiger partial charge in [0.2, 0.25) is 0 Å². The van der Waals surface area contributed by atoms with E-state index in [9.17, 15) is 9.90 Å². The van der Waals surface area contributed by atoms with E-state index < -0.39 is 26.4 Å². The van der Waals surface area contributed by atoms with Crippen LogP contribution in [-0.2, 0) is 9.22 Å². The first-order valence-corrected chi connectivity index (χ1v) is 12.0. The number of hydrogen-bond acceptors (Lipinski definition) is 4. The van der Waals surface area contributed by atoms with E-state index in [4.69, 9.17) is 4.43 Å². The molecule has 0 fully saturated rings. The number of likely N-dealkylation sites (N-methyl/N-ethyl adjacent to an activating group) is 1. The molecule has 0 radical (unpaired) electrons. The number of hydrogen-bond donors (Lipinski definition) is 2. The molecule has 0 amide bonds. The fourth-order valence-electron chi connectivity index (χ4n) is 2.49. The largest absolute Gasteiger partial charge is 0.480 e. The Bertz CT molecular complexity index is 597. The number of allylic oxidation sites excluding steroid dienone is 1. The van der Waals surface area contributed by atoms with Crippen molar-refractivity contribution in [2.24, 2.45) is 5.92 Å². The van der Waals surface area contributed by atoms with Gasteiger partial charge in [-0.3, -0.25) is 9.78 Å². The van der Waals surface area contributed by atoms with Crippen LogP contribution in [0.3, 0.4) is 0 Å². The van der Waals surface area contributed by atoms with Crippen molar-refractivity contribution in [2.45, 2.75) is 64.4 Å². The third-order valence-electron chi connectivity index (χ3n) is 5.21. The molecule has 0 saturated carbocycles. The minimum absolute atomic E-state index is 0.0211. The van der Waals surface area contributed by atoms with Crippen molar-refractivity contribution in [3.05, 3.63) is 36.2 Å². The zero-order valence-electron chi connectivity index (χ0n) is 17.1. The Morgan fingerprint density at radius 3 is 2.54 bits per heavy atom.